The Bertz CT molecular complexity index is 841. The number of benzene rings is 2. The number of phenols is 1. The summed E-state index contributed by atoms with van der Waals surface area (Å²) in [5.41, 5.74) is 4.16. The highest BCUT2D eigenvalue weighted by Crippen LogP contribution is 2.41. The van der Waals surface area contributed by atoms with Crippen molar-refractivity contribution >= 4 is 22.9 Å². The number of carbonyl (C=O) groups excluding carboxylic acids is 2. The van der Waals surface area contributed by atoms with Crippen LogP contribution in [0.3, 0.4) is 0 Å². The second kappa shape index (κ2) is 4.14. The predicted octanol–water partition coefficient (Wildman–Crippen LogP) is 1.66. The monoisotopic (exact) mass is 284 g/mol. The number of anilines is 1. The molecule has 7 heteroatoms. The molecular weight excluding hydrogens is 276 g/mol. The third-order valence-corrected chi connectivity index (χ3v) is 3.37. The van der Waals surface area contributed by atoms with Gasteiger partial charge in [0.25, 0.3) is 0 Å². The Labute approximate surface area is 117 Å². The van der Waals surface area contributed by atoms with Crippen LogP contribution in [0.5, 0.6) is 5.75 Å². The molecule has 0 heterocycles. The lowest BCUT2D eigenvalue weighted by molar-refractivity contribution is -0.384. The fraction of sp³-hybridized carbons (Fsp3) is 0. The Morgan fingerprint density at radius 3 is 2.19 bits per heavy atom. The van der Waals surface area contributed by atoms with E-state index in [0.29, 0.717) is 0 Å². The van der Waals surface area contributed by atoms with Gasteiger partial charge in [-0.25, -0.2) is 0 Å². The van der Waals surface area contributed by atoms with E-state index >= 15 is 0 Å². The first-order valence-electron chi connectivity index (χ1n) is 5.91. The molecule has 3 N–H and O–H groups in total. The van der Waals surface area contributed by atoms with Gasteiger partial charge in [-0.2, -0.15) is 0 Å². The zero-order valence-electron chi connectivity index (χ0n) is 10.5. The molecule has 0 radical (unpaired) electrons. The number of carbonyl (C=O) groups is 2. The van der Waals surface area contributed by atoms with Gasteiger partial charge in [-0.05, 0) is 6.07 Å². The van der Waals surface area contributed by atoms with Gasteiger partial charge < -0.3 is 10.8 Å². The summed E-state index contributed by atoms with van der Waals surface area (Å²) >= 11 is 0. The van der Waals surface area contributed by atoms with E-state index < -0.39 is 27.9 Å². The highest BCUT2D eigenvalue weighted by atomic mass is 16.6. The van der Waals surface area contributed by atoms with Crippen LogP contribution in [0.1, 0.15) is 31.8 Å². The van der Waals surface area contributed by atoms with Crippen LogP contribution in [0.25, 0.3) is 0 Å². The molecule has 0 saturated carbocycles. The van der Waals surface area contributed by atoms with Crippen LogP contribution in [-0.4, -0.2) is 21.6 Å². The Balaban J connectivity index is 2.39. The van der Waals surface area contributed by atoms with Gasteiger partial charge in [0.15, 0.2) is 11.6 Å². The van der Waals surface area contributed by atoms with Crippen LogP contribution in [0.2, 0.25) is 0 Å². The average Bonchev–Trinajstić information content (AvgIpc) is 2.44. The molecule has 0 atom stereocenters. The highest BCUT2D eigenvalue weighted by Gasteiger charge is 2.36. The maximum absolute atomic E-state index is 12.4. The summed E-state index contributed by atoms with van der Waals surface area (Å²) in [6.07, 6.45) is 0. The summed E-state index contributed by atoms with van der Waals surface area (Å²) in [4.78, 5) is 34.8. The molecule has 0 saturated heterocycles. The molecule has 0 amide bonds. The standard InChI is InChI=1S/C14H8N2O5/c15-9-5-8-10(14(19)11(9)16(20)21)13(18)7-4-2-1-3-6(7)12(8)17/h1-5,19H,15H2. The van der Waals surface area contributed by atoms with E-state index in [2.05, 4.69) is 0 Å². The van der Waals surface area contributed by atoms with Crippen molar-refractivity contribution in [2.75, 3.05) is 5.73 Å². The average molecular weight is 284 g/mol. The predicted molar refractivity (Wildman–Crippen MR) is 72.5 cm³/mol. The smallest absolute Gasteiger partial charge is 0.334 e. The second-order valence-electron chi connectivity index (χ2n) is 4.55. The highest BCUT2D eigenvalue weighted by molar-refractivity contribution is 6.30. The molecule has 0 fully saturated rings. The van der Waals surface area contributed by atoms with Gasteiger partial charge in [-0.3, -0.25) is 19.7 Å². The molecule has 7 nitrogen and oxygen atoms in total. The number of hydrogen-bond acceptors (Lipinski definition) is 6. The van der Waals surface area contributed by atoms with E-state index in [9.17, 15) is 24.8 Å². The number of aromatic hydroxyl groups is 1. The normalized spacial score (nSPS) is 12.8. The van der Waals surface area contributed by atoms with Crippen LogP contribution < -0.4 is 5.73 Å². The Kier molecular flexibility index (Phi) is 2.52. The zero-order chi connectivity index (χ0) is 15.3. The molecule has 2 aromatic carbocycles. The van der Waals surface area contributed by atoms with Gasteiger partial charge in [-0.15, -0.1) is 0 Å². The van der Waals surface area contributed by atoms with Crippen molar-refractivity contribution in [3.05, 3.63) is 62.7 Å². The maximum atomic E-state index is 12.4. The third-order valence-electron chi connectivity index (χ3n) is 3.37. The maximum Gasteiger partial charge on any atom is 0.334 e. The molecule has 3 rings (SSSR count). The molecule has 0 aliphatic heterocycles. The molecule has 2 aromatic rings. The molecule has 0 unspecified atom stereocenters. The van der Waals surface area contributed by atoms with Gasteiger partial charge >= 0.3 is 5.69 Å². The first-order chi connectivity index (χ1) is 9.93. The summed E-state index contributed by atoms with van der Waals surface area (Å²) in [6, 6.07) is 7.14. The SMILES string of the molecule is Nc1cc2c(c(O)c1[N+](=O)[O-])C(=O)c1ccccc1C2=O. The Morgan fingerprint density at radius 1 is 1.05 bits per heavy atom. The summed E-state index contributed by atoms with van der Waals surface area (Å²) in [7, 11) is 0. The fourth-order valence-corrected chi connectivity index (χ4v) is 2.44. The first-order valence-corrected chi connectivity index (χ1v) is 5.91. The van der Waals surface area contributed by atoms with E-state index in [4.69, 9.17) is 5.73 Å². The van der Waals surface area contributed by atoms with Crippen LogP contribution in [0.15, 0.2) is 30.3 Å². The van der Waals surface area contributed by atoms with Crippen LogP contribution >= 0.6 is 0 Å². The zero-order valence-corrected chi connectivity index (χ0v) is 10.5. The lowest BCUT2D eigenvalue weighted by atomic mass is 9.83. The topological polar surface area (TPSA) is 124 Å². The van der Waals surface area contributed by atoms with E-state index in [1.165, 1.54) is 12.1 Å². The van der Waals surface area contributed by atoms with Crippen LogP contribution in [0, 0.1) is 10.1 Å². The summed E-state index contributed by atoms with van der Waals surface area (Å²) in [6.45, 7) is 0. The second-order valence-corrected chi connectivity index (χ2v) is 4.55. The summed E-state index contributed by atoms with van der Waals surface area (Å²) in [5, 5.41) is 20.9. The van der Waals surface area contributed by atoms with Crippen molar-refractivity contribution in [1.82, 2.24) is 0 Å². The van der Waals surface area contributed by atoms with Crippen molar-refractivity contribution in [2.24, 2.45) is 0 Å². The number of nitrogen functional groups attached to an aromatic ring is 1. The number of nitro benzene ring substituents is 1. The van der Waals surface area contributed by atoms with Crippen LogP contribution in [0.4, 0.5) is 11.4 Å². The van der Waals surface area contributed by atoms with Gasteiger partial charge in [0, 0.05) is 16.7 Å². The van der Waals surface area contributed by atoms with E-state index in [1.807, 2.05) is 0 Å². The number of ketones is 2. The third kappa shape index (κ3) is 1.61. The number of rotatable bonds is 1. The molecular formula is C14H8N2O5. The molecule has 0 aromatic heterocycles. The largest absolute Gasteiger partial charge is 0.502 e. The number of nitro groups is 1. The van der Waals surface area contributed by atoms with Crippen molar-refractivity contribution in [3.8, 4) is 5.75 Å². The molecule has 0 spiro atoms. The van der Waals surface area contributed by atoms with Crippen molar-refractivity contribution in [1.29, 1.82) is 0 Å². The lowest BCUT2D eigenvalue weighted by Crippen LogP contribution is -2.21. The van der Waals surface area contributed by atoms with Gasteiger partial charge in [-0.1, -0.05) is 24.3 Å². The van der Waals surface area contributed by atoms with Crippen molar-refractivity contribution < 1.29 is 19.6 Å². The number of fused-ring (bicyclic) bond motifs is 2. The summed E-state index contributed by atoms with van der Waals surface area (Å²) in [5.74, 6) is -2.01. The molecule has 0 bridgehead atoms. The van der Waals surface area contributed by atoms with Crippen molar-refractivity contribution in [3.63, 3.8) is 0 Å². The summed E-state index contributed by atoms with van der Waals surface area (Å²) < 4.78 is 0. The van der Waals surface area contributed by atoms with Crippen molar-refractivity contribution in [2.45, 2.75) is 0 Å². The number of nitrogens with zero attached hydrogens (tertiary/aromatic N) is 1. The minimum atomic E-state index is -0.886. The molecule has 1 aliphatic carbocycles. The minimum absolute atomic E-state index is 0.101. The molecule has 104 valence electrons. The quantitative estimate of drug-likeness (QED) is 0.398. The van der Waals surface area contributed by atoms with E-state index in [-0.39, 0.29) is 27.9 Å². The van der Waals surface area contributed by atoms with Gasteiger partial charge in [0.2, 0.25) is 5.75 Å². The van der Waals surface area contributed by atoms with E-state index in [1.54, 1.807) is 12.1 Å². The number of nitrogens with two attached hydrogens (primary N) is 1. The first kappa shape index (κ1) is 12.8. The van der Waals surface area contributed by atoms with Gasteiger partial charge in [0.05, 0.1) is 10.5 Å². The number of hydrogen-bond donors (Lipinski definition) is 2. The lowest BCUT2D eigenvalue weighted by Gasteiger charge is -2.18. The molecule has 21 heavy (non-hydrogen) atoms. The minimum Gasteiger partial charge on any atom is -0.502 e. The molecule has 1 aliphatic rings. The Hall–Kier alpha value is -3.22. The fourth-order valence-electron chi connectivity index (χ4n) is 2.44. The van der Waals surface area contributed by atoms with E-state index in [0.717, 1.165) is 6.07 Å². The van der Waals surface area contributed by atoms with Gasteiger partial charge in [0.1, 0.15) is 5.69 Å². The Morgan fingerprint density at radius 2 is 1.62 bits per heavy atom. The number of phenolic OH excluding ortho intramolecular Hbond substituents is 1. The van der Waals surface area contributed by atoms with Crippen LogP contribution in [-0.2, 0) is 0 Å².